The molecule has 0 amide bonds. The van der Waals surface area contributed by atoms with Crippen LogP contribution < -0.4 is 5.32 Å². The van der Waals surface area contributed by atoms with E-state index in [1.165, 1.54) is 11.1 Å². The van der Waals surface area contributed by atoms with E-state index < -0.39 is 10.8 Å². The Kier molecular flexibility index (Phi) is 7.21. The van der Waals surface area contributed by atoms with Gasteiger partial charge in [0.2, 0.25) is 0 Å². The van der Waals surface area contributed by atoms with E-state index in [1.54, 1.807) is 6.26 Å². The lowest BCUT2D eigenvalue weighted by Gasteiger charge is -2.13. The van der Waals surface area contributed by atoms with Crippen LogP contribution in [-0.4, -0.2) is 28.8 Å². The zero-order valence-electron chi connectivity index (χ0n) is 11.7. The molecule has 0 saturated carbocycles. The van der Waals surface area contributed by atoms with Crippen molar-refractivity contribution < 1.29 is 4.21 Å². The minimum atomic E-state index is -0.656. The molecule has 0 bridgehead atoms. The van der Waals surface area contributed by atoms with Crippen LogP contribution in [0.2, 0.25) is 0 Å². The minimum Gasteiger partial charge on any atom is -0.314 e. The Morgan fingerprint density at radius 2 is 2.17 bits per heavy atom. The molecule has 0 aromatic heterocycles. The smallest absolute Gasteiger partial charge is 0.0244 e. The second-order valence-electron chi connectivity index (χ2n) is 5.01. The van der Waals surface area contributed by atoms with E-state index in [0.29, 0.717) is 6.04 Å². The molecule has 2 unspecified atom stereocenters. The van der Waals surface area contributed by atoms with Crippen LogP contribution in [0.4, 0.5) is 0 Å². The molecule has 0 spiro atoms. The van der Waals surface area contributed by atoms with E-state index >= 15 is 0 Å². The summed E-state index contributed by atoms with van der Waals surface area (Å²) in [5, 5.41) is 3.49. The molecule has 0 fully saturated rings. The summed E-state index contributed by atoms with van der Waals surface area (Å²) in [6.07, 6.45) is 5.04. The van der Waals surface area contributed by atoms with Crippen molar-refractivity contribution >= 4 is 10.8 Å². The molecule has 3 heteroatoms. The van der Waals surface area contributed by atoms with Gasteiger partial charge in [0.1, 0.15) is 0 Å². The Hall–Kier alpha value is -0.670. The molecule has 0 aliphatic rings. The maximum atomic E-state index is 10.9. The maximum Gasteiger partial charge on any atom is 0.0244 e. The predicted molar refractivity (Wildman–Crippen MR) is 80.5 cm³/mol. The molecule has 1 aromatic rings. The van der Waals surface area contributed by atoms with Crippen LogP contribution in [0.5, 0.6) is 0 Å². The van der Waals surface area contributed by atoms with Gasteiger partial charge in [-0.2, -0.15) is 0 Å². The summed E-state index contributed by atoms with van der Waals surface area (Å²) in [5.41, 5.74) is 2.75. The van der Waals surface area contributed by atoms with Crippen molar-refractivity contribution in [2.24, 2.45) is 0 Å². The lowest BCUT2D eigenvalue weighted by molar-refractivity contribution is 0.514. The lowest BCUT2D eigenvalue weighted by atomic mass is 10.0. The fraction of sp³-hybridized carbons (Fsp3) is 0.600. The number of benzene rings is 1. The van der Waals surface area contributed by atoms with Gasteiger partial charge < -0.3 is 5.32 Å². The van der Waals surface area contributed by atoms with Crippen LogP contribution in [0.15, 0.2) is 24.3 Å². The van der Waals surface area contributed by atoms with E-state index in [-0.39, 0.29) is 0 Å². The molecular weight excluding hydrogens is 242 g/mol. The largest absolute Gasteiger partial charge is 0.314 e. The molecule has 1 N–H and O–H groups in total. The maximum absolute atomic E-state index is 10.9. The van der Waals surface area contributed by atoms with E-state index in [4.69, 9.17) is 0 Å². The van der Waals surface area contributed by atoms with Gasteiger partial charge in [-0.15, -0.1) is 0 Å². The van der Waals surface area contributed by atoms with E-state index in [1.807, 2.05) is 0 Å². The third-order valence-corrected chi connectivity index (χ3v) is 3.91. The van der Waals surface area contributed by atoms with Crippen molar-refractivity contribution in [2.75, 3.05) is 18.6 Å². The van der Waals surface area contributed by atoms with Crippen LogP contribution >= 0.6 is 0 Å². The van der Waals surface area contributed by atoms with Gasteiger partial charge in [-0.3, -0.25) is 4.21 Å². The van der Waals surface area contributed by atoms with E-state index in [2.05, 4.69) is 43.4 Å². The SMILES string of the molecule is Cc1cccc(CCC(C)NCCCS(C)=O)c1. The van der Waals surface area contributed by atoms with Crippen molar-refractivity contribution in [2.45, 2.75) is 39.2 Å². The second kappa shape index (κ2) is 8.44. The van der Waals surface area contributed by atoms with Crippen LogP contribution in [0.1, 0.15) is 30.9 Å². The van der Waals surface area contributed by atoms with Gasteiger partial charge in [-0.1, -0.05) is 29.8 Å². The molecule has 18 heavy (non-hydrogen) atoms. The average Bonchev–Trinajstić information content (AvgIpc) is 2.32. The summed E-state index contributed by atoms with van der Waals surface area (Å²) in [4.78, 5) is 0. The Bertz CT molecular complexity index is 379. The van der Waals surface area contributed by atoms with Gasteiger partial charge >= 0.3 is 0 Å². The molecule has 2 atom stereocenters. The third kappa shape index (κ3) is 6.92. The van der Waals surface area contributed by atoms with Gasteiger partial charge in [0.15, 0.2) is 0 Å². The number of hydrogen-bond acceptors (Lipinski definition) is 2. The first kappa shape index (κ1) is 15.4. The molecule has 0 saturated heterocycles. The Morgan fingerprint density at radius 3 is 2.83 bits per heavy atom. The van der Waals surface area contributed by atoms with Gasteiger partial charge in [0.05, 0.1) is 0 Å². The Balaban J connectivity index is 2.17. The fourth-order valence-corrected chi connectivity index (χ4v) is 2.53. The van der Waals surface area contributed by atoms with Crippen molar-refractivity contribution in [3.05, 3.63) is 35.4 Å². The molecule has 2 nitrogen and oxygen atoms in total. The molecule has 0 aliphatic carbocycles. The summed E-state index contributed by atoms with van der Waals surface area (Å²) in [6.45, 7) is 5.32. The van der Waals surface area contributed by atoms with Crippen LogP contribution in [0.25, 0.3) is 0 Å². The van der Waals surface area contributed by atoms with Gasteiger partial charge in [-0.25, -0.2) is 0 Å². The normalized spacial score (nSPS) is 14.4. The molecule has 0 radical (unpaired) electrons. The van der Waals surface area contributed by atoms with Crippen LogP contribution in [0.3, 0.4) is 0 Å². The topological polar surface area (TPSA) is 29.1 Å². The Morgan fingerprint density at radius 1 is 1.39 bits per heavy atom. The summed E-state index contributed by atoms with van der Waals surface area (Å²) in [7, 11) is -0.656. The van der Waals surface area contributed by atoms with Crippen LogP contribution in [-0.2, 0) is 17.2 Å². The number of aryl methyl sites for hydroxylation is 2. The standard InChI is InChI=1S/C15H25NOS/c1-13-6-4-7-15(12-13)9-8-14(2)16-10-5-11-18(3)17/h4,6-7,12,14,16H,5,8-11H2,1-3H3. The summed E-state index contributed by atoms with van der Waals surface area (Å²) >= 11 is 0. The quantitative estimate of drug-likeness (QED) is 0.734. The van der Waals surface area contributed by atoms with Crippen molar-refractivity contribution in [1.82, 2.24) is 5.32 Å². The van der Waals surface area contributed by atoms with Crippen molar-refractivity contribution in [1.29, 1.82) is 0 Å². The molecular formula is C15H25NOS. The lowest BCUT2D eigenvalue weighted by Crippen LogP contribution is -2.28. The summed E-state index contributed by atoms with van der Waals surface area (Å²) in [5.74, 6) is 0.803. The van der Waals surface area contributed by atoms with Crippen LogP contribution in [0, 0.1) is 6.92 Å². The Labute approximate surface area is 114 Å². The first-order chi connectivity index (χ1) is 8.58. The fourth-order valence-electron chi connectivity index (χ4n) is 1.98. The highest BCUT2D eigenvalue weighted by Gasteiger charge is 2.02. The monoisotopic (exact) mass is 267 g/mol. The third-order valence-electron chi connectivity index (χ3n) is 3.05. The minimum absolute atomic E-state index is 0.524. The highest BCUT2D eigenvalue weighted by atomic mass is 32.2. The van der Waals surface area contributed by atoms with Crippen molar-refractivity contribution in [3.63, 3.8) is 0 Å². The first-order valence-corrected chi connectivity index (χ1v) is 8.39. The highest BCUT2D eigenvalue weighted by Crippen LogP contribution is 2.08. The highest BCUT2D eigenvalue weighted by molar-refractivity contribution is 7.84. The van der Waals surface area contributed by atoms with Crippen molar-refractivity contribution in [3.8, 4) is 0 Å². The summed E-state index contributed by atoms with van der Waals surface area (Å²) in [6, 6.07) is 9.23. The zero-order valence-corrected chi connectivity index (χ0v) is 12.6. The first-order valence-electron chi connectivity index (χ1n) is 6.67. The van der Waals surface area contributed by atoms with E-state index in [0.717, 1.165) is 31.6 Å². The number of rotatable bonds is 8. The summed E-state index contributed by atoms with van der Waals surface area (Å²) < 4.78 is 10.9. The number of nitrogens with one attached hydrogen (secondary N) is 1. The molecule has 0 aliphatic heterocycles. The van der Waals surface area contributed by atoms with E-state index in [9.17, 15) is 4.21 Å². The molecule has 0 heterocycles. The van der Waals surface area contributed by atoms with Gasteiger partial charge in [0.25, 0.3) is 0 Å². The van der Waals surface area contributed by atoms with Gasteiger partial charge in [-0.05, 0) is 45.2 Å². The second-order valence-corrected chi connectivity index (χ2v) is 6.57. The predicted octanol–water partition coefficient (Wildman–Crippen LogP) is 2.67. The molecule has 1 aromatic carbocycles. The molecule has 102 valence electrons. The molecule has 1 rings (SSSR count). The van der Waals surface area contributed by atoms with Gasteiger partial charge in [0, 0.05) is 28.9 Å². The average molecular weight is 267 g/mol. The number of hydrogen-bond donors (Lipinski definition) is 1. The zero-order chi connectivity index (χ0) is 13.4.